The molecule has 0 radical (unpaired) electrons. The summed E-state index contributed by atoms with van der Waals surface area (Å²) in [4.78, 5) is 4.88. The maximum Gasteiger partial charge on any atom is 0.159 e. The summed E-state index contributed by atoms with van der Waals surface area (Å²) in [7, 11) is 0. The van der Waals surface area contributed by atoms with Gasteiger partial charge in [-0.1, -0.05) is 6.07 Å². The molecule has 2 aliphatic heterocycles. The standard InChI is InChI=1S/C18H26F2N2O/c19-17-6-5-14(11-18(17)20)7-10-21-8-1-3-15(21)12-22-9-2-4-16(22)13-23/h5-6,11,15-16,23H,1-4,7-10,12-13H2. The molecule has 2 saturated heterocycles. The first-order valence-corrected chi connectivity index (χ1v) is 8.70. The zero-order valence-electron chi connectivity index (χ0n) is 13.6. The summed E-state index contributed by atoms with van der Waals surface area (Å²) in [5.41, 5.74) is 0.851. The maximum atomic E-state index is 13.3. The first-order chi connectivity index (χ1) is 11.2. The molecule has 0 aromatic heterocycles. The molecule has 0 spiro atoms. The number of likely N-dealkylation sites (tertiary alicyclic amines) is 2. The number of halogens is 2. The van der Waals surface area contributed by atoms with Crippen LogP contribution in [0.1, 0.15) is 31.2 Å². The Labute approximate surface area is 136 Å². The second kappa shape index (κ2) is 7.69. The van der Waals surface area contributed by atoms with E-state index in [1.165, 1.54) is 31.4 Å². The molecular formula is C18H26F2N2O. The molecular weight excluding hydrogens is 298 g/mol. The molecule has 0 amide bonds. The minimum atomic E-state index is -0.781. The smallest absolute Gasteiger partial charge is 0.159 e. The Morgan fingerprint density at radius 1 is 1.00 bits per heavy atom. The molecule has 0 saturated carbocycles. The van der Waals surface area contributed by atoms with Crippen molar-refractivity contribution in [3.05, 3.63) is 35.4 Å². The van der Waals surface area contributed by atoms with Crippen molar-refractivity contribution in [1.82, 2.24) is 9.80 Å². The van der Waals surface area contributed by atoms with Gasteiger partial charge in [0.1, 0.15) is 0 Å². The summed E-state index contributed by atoms with van der Waals surface area (Å²) in [6.07, 6.45) is 5.40. The molecule has 23 heavy (non-hydrogen) atoms. The van der Waals surface area contributed by atoms with Gasteiger partial charge in [-0.3, -0.25) is 9.80 Å². The predicted octanol–water partition coefficient (Wildman–Crippen LogP) is 2.43. The van der Waals surface area contributed by atoms with Crippen LogP contribution in [-0.2, 0) is 6.42 Å². The summed E-state index contributed by atoms with van der Waals surface area (Å²) >= 11 is 0. The van der Waals surface area contributed by atoms with Crippen LogP contribution in [0, 0.1) is 11.6 Å². The SMILES string of the molecule is OCC1CCCN1CC1CCCN1CCc1ccc(F)c(F)c1. The highest BCUT2D eigenvalue weighted by atomic mass is 19.2. The van der Waals surface area contributed by atoms with Crippen molar-refractivity contribution in [3.8, 4) is 0 Å². The second-order valence-electron chi connectivity index (χ2n) is 6.80. The summed E-state index contributed by atoms with van der Waals surface area (Å²) in [6, 6.07) is 5.03. The molecule has 0 aliphatic carbocycles. The third kappa shape index (κ3) is 4.08. The van der Waals surface area contributed by atoms with E-state index in [9.17, 15) is 13.9 Å². The van der Waals surface area contributed by atoms with Crippen LogP contribution in [0.15, 0.2) is 18.2 Å². The van der Waals surface area contributed by atoms with E-state index < -0.39 is 11.6 Å². The minimum absolute atomic E-state index is 0.252. The largest absolute Gasteiger partial charge is 0.395 e. The average Bonchev–Trinajstić information content (AvgIpc) is 3.18. The Morgan fingerprint density at radius 3 is 2.48 bits per heavy atom. The zero-order chi connectivity index (χ0) is 16.2. The van der Waals surface area contributed by atoms with Crippen LogP contribution in [0.3, 0.4) is 0 Å². The van der Waals surface area contributed by atoms with Crippen LogP contribution in [0.5, 0.6) is 0 Å². The molecule has 2 aliphatic rings. The van der Waals surface area contributed by atoms with E-state index in [4.69, 9.17) is 0 Å². The number of benzene rings is 1. The van der Waals surface area contributed by atoms with Crippen molar-refractivity contribution in [2.45, 2.75) is 44.2 Å². The number of hydrogen-bond donors (Lipinski definition) is 1. The normalized spacial score (nSPS) is 26.2. The monoisotopic (exact) mass is 324 g/mol. The van der Waals surface area contributed by atoms with Gasteiger partial charge in [-0.25, -0.2) is 8.78 Å². The number of aliphatic hydroxyl groups is 1. The Hall–Kier alpha value is -1.04. The van der Waals surface area contributed by atoms with Gasteiger partial charge >= 0.3 is 0 Å². The van der Waals surface area contributed by atoms with Crippen LogP contribution in [0.4, 0.5) is 8.78 Å². The molecule has 1 aromatic rings. The minimum Gasteiger partial charge on any atom is -0.395 e. The highest BCUT2D eigenvalue weighted by Gasteiger charge is 2.30. The number of aliphatic hydroxyl groups excluding tert-OH is 1. The van der Waals surface area contributed by atoms with Crippen molar-refractivity contribution < 1.29 is 13.9 Å². The summed E-state index contributed by atoms with van der Waals surface area (Å²) in [5, 5.41) is 9.46. The molecule has 2 unspecified atom stereocenters. The fourth-order valence-corrected chi connectivity index (χ4v) is 3.98. The van der Waals surface area contributed by atoms with E-state index >= 15 is 0 Å². The van der Waals surface area contributed by atoms with Crippen molar-refractivity contribution in [2.75, 3.05) is 32.8 Å². The quantitative estimate of drug-likeness (QED) is 0.871. The maximum absolute atomic E-state index is 13.3. The van der Waals surface area contributed by atoms with Crippen molar-refractivity contribution in [3.63, 3.8) is 0 Å². The molecule has 2 heterocycles. The van der Waals surface area contributed by atoms with Crippen LogP contribution in [-0.4, -0.2) is 59.8 Å². The van der Waals surface area contributed by atoms with Gasteiger partial charge in [-0.2, -0.15) is 0 Å². The van der Waals surface area contributed by atoms with Crippen molar-refractivity contribution in [2.24, 2.45) is 0 Å². The molecule has 2 fully saturated rings. The summed E-state index contributed by atoms with van der Waals surface area (Å²) in [6.45, 7) is 4.31. The van der Waals surface area contributed by atoms with E-state index in [1.807, 2.05) is 0 Å². The summed E-state index contributed by atoms with van der Waals surface area (Å²) in [5.74, 6) is -1.54. The van der Waals surface area contributed by atoms with Gasteiger partial charge in [0.05, 0.1) is 6.61 Å². The lowest BCUT2D eigenvalue weighted by molar-refractivity contribution is 0.123. The third-order valence-electron chi connectivity index (χ3n) is 5.33. The van der Waals surface area contributed by atoms with Gasteiger partial charge in [0, 0.05) is 25.2 Å². The summed E-state index contributed by atoms with van der Waals surface area (Å²) < 4.78 is 26.3. The highest BCUT2D eigenvalue weighted by molar-refractivity contribution is 5.18. The molecule has 1 N–H and O–H groups in total. The van der Waals surface area contributed by atoms with Crippen LogP contribution in [0.25, 0.3) is 0 Å². The lowest BCUT2D eigenvalue weighted by Gasteiger charge is -2.31. The third-order valence-corrected chi connectivity index (χ3v) is 5.33. The molecule has 1 aromatic carbocycles. The first kappa shape index (κ1) is 16.8. The number of hydrogen-bond acceptors (Lipinski definition) is 3. The van der Waals surface area contributed by atoms with Gasteiger partial charge in [0.25, 0.3) is 0 Å². The molecule has 128 valence electrons. The number of nitrogens with zero attached hydrogens (tertiary/aromatic N) is 2. The molecule has 2 atom stereocenters. The zero-order valence-corrected chi connectivity index (χ0v) is 13.6. The second-order valence-corrected chi connectivity index (χ2v) is 6.80. The van der Waals surface area contributed by atoms with Gasteiger partial charge in [0.15, 0.2) is 11.6 Å². The van der Waals surface area contributed by atoms with E-state index in [2.05, 4.69) is 9.80 Å². The van der Waals surface area contributed by atoms with Crippen molar-refractivity contribution >= 4 is 0 Å². The first-order valence-electron chi connectivity index (χ1n) is 8.70. The predicted molar refractivity (Wildman–Crippen MR) is 86.3 cm³/mol. The Morgan fingerprint density at radius 2 is 1.74 bits per heavy atom. The van der Waals surface area contributed by atoms with E-state index in [0.29, 0.717) is 12.1 Å². The van der Waals surface area contributed by atoms with Crippen LogP contribution >= 0.6 is 0 Å². The van der Waals surface area contributed by atoms with Gasteiger partial charge < -0.3 is 5.11 Å². The van der Waals surface area contributed by atoms with E-state index in [-0.39, 0.29) is 6.61 Å². The van der Waals surface area contributed by atoms with E-state index in [1.54, 1.807) is 6.07 Å². The molecule has 5 heteroatoms. The average molecular weight is 324 g/mol. The highest BCUT2D eigenvalue weighted by Crippen LogP contribution is 2.23. The lowest BCUT2D eigenvalue weighted by atomic mass is 10.1. The van der Waals surface area contributed by atoms with E-state index in [0.717, 1.165) is 44.6 Å². The molecule has 3 nitrogen and oxygen atoms in total. The van der Waals surface area contributed by atoms with Crippen LogP contribution < -0.4 is 0 Å². The lowest BCUT2D eigenvalue weighted by Crippen LogP contribution is -2.44. The number of rotatable bonds is 6. The molecule has 0 bridgehead atoms. The fourth-order valence-electron chi connectivity index (χ4n) is 3.98. The van der Waals surface area contributed by atoms with Gasteiger partial charge in [-0.15, -0.1) is 0 Å². The topological polar surface area (TPSA) is 26.7 Å². The Balaban J connectivity index is 1.53. The van der Waals surface area contributed by atoms with Crippen LogP contribution in [0.2, 0.25) is 0 Å². The van der Waals surface area contributed by atoms with Crippen molar-refractivity contribution in [1.29, 1.82) is 0 Å². The Bertz CT molecular complexity index is 526. The molecule has 3 rings (SSSR count). The van der Waals surface area contributed by atoms with Gasteiger partial charge in [0.2, 0.25) is 0 Å². The fraction of sp³-hybridized carbons (Fsp3) is 0.667. The van der Waals surface area contributed by atoms with Gasteiger partial charge in [-0.05, 0) is 62.9 Å². The Kier molecular flexibility index (Phi) is 5.62.